The number of aromatic nitrogens is 2. The van der Waals surface area contributed by atoms with Crippen molar-refractivity contribution in [3.63, 3.8) is 0 Å². The van der Waals surface area contributed by atoms with Crippen molar-refractivity contribution in [2.45, 2.75) is 20.0 Å². The van der Waals surface area contributed by atoms with Crippen molar-refractivity contribution in [3.05, 3.63) is 97.0 Å². The Morgan fingerprint density at radius 3 is 2.60 bits per heavy atom. The van der Waals surface area contributed by atoms with Gasteiger partial charge in [0.2, 0.25) is 5.91 Å². The van der Waals surface area contributed by atoms with Crippen LogP contribution in [0.3, 0.4) is 0 Å². The fourth-order valence-corrected chi connectivity index (χ4v) is 4.19. The van der Waals surface area contributed by atoms with Gasteiger partial charge in [-0.3, -0.25) is 14.2 Å². The molecule has 4 aromatic rings. The van der Waals surface area contributed by atoms with Crippen LogP contribution in [-0.4, -0.2) is 15.0 Å². The molecule has 0 saturated carbocycles. The van der Waals surface area contributed by atoms with Crippen molar-refractivity contribution in [1.82, 2.24) is 14.5 Å². The first-order valence-electron chi connectivity index (χ1n) is 9.25. The van der Waals surface area contributed by atoms with E-state index < -0.39 is 5.69 Å². The smallest absolute Gasteiger partial charge is 0.336 e. The molecule has 0 saturated heterocycles. The molecule has 0 aliphatic rings. The number of rotatable bonds is 5. The van der Waals surface area contributed by atoms with Crippen molar-refractivity contribution in [2.24, 2.45) is 0 Å². The molecular weight excluding hydrogens is 422 g/mol. The van der Waals surface area contributed by atoms with E-state index in [1.54, 1.807) is 41.8 Å². The number of fused-ring (bicyclic) bond motifs is 1. The number of carbonyl (C=O) groups is 1. The Morgan fingerprint density at radius 2 is 1.87 bits per heavy atom. The Morgan fingerprint density at radius 1 is 1.10 bits per heavy atom. The minimum atomic E-state index is -0.543. The summed E-state index contributed by atoms with van der Waals surface area (Å²) in [6, 6.07) is 16.0. The molecule has 30 heavy (non-hydrogen) atoms. The number of nitrogens with one attached hydrogen (secondary N) is 1. The van der Waals surface area contributed by atoms with E-state index in [0.717, 1.165) is 15.7 Å². The van der Waals surface area contributed by atoms with Gasteiger partial charge in [-0.1, -0.05) is 35.9 Å². The van der Waals surface area contributed by atoms with Crippen LogP contribution in [0.15, 0.2) is 69.6 Å². The molecule has 1 amide bonds. The van der Waals surface area contributed by atoms with Gasteiger partial charge in [-0.2, -0.15) is 0 Å². The normalized spacial score (nSPS) is 11.0. The summed E-state index contributed by atoms with van der Waals surface area (Å²) in [7, 11) is 0. The number of hydrogen-bond donors (Lipinski definition) is 1. The van der Waals surface area contributed by atoms with Crippen LogP contribution in [-0.2, 0) is 17.9 Å². The number of amides is 1. The summed E-state index contributed by atoms with van der Waals surface area (Å²) in [6.07, 6.45) is 0. The summed E-state index contributed by atoms with van der Waals surface area (Å²) in [5, 5.41) is 5.17. The van der Waals surface area contributed by atoms with E-state index in [2.05, 4.69) is 5.32 Å². The zero-order valence-electron chi connectivity index (χ0n) is 16.1. The third-order valence-electron chi connectivity index (χ3n) is 4.72. The highest BCUT2D eigenvalue weighted by Gasteiger charge is 2.17. The van der Waals surface area contributed by atoms with Gasteiger partial charge in [0.1, 0.15) is 11.2 Å². The second-order valence-corrected chi connectivity index (χ2v) is 8.24. The molecule has 0 radical (unpaired) electrons. The van der Waals surface area contributed by atoms with Crippen molar-refractivity contribution in [2.75, 3.05) is 0 Å². The molecule has 0 aliphatic carbocycles. The quantitative estimate of drug-likeness (QED) is 0.517. The van der Waals surface area contributed by atoms with Crippen molar-refractivity contribution in [1.29, 1.82) is 0 Å². The number of halogens is 1. The third-order valence-corrected chi connectivity index (χ3v) is 5.86. The van der Waals surface area contributed by atoms with Gasteiger partial charge >= 0.3 is 5.69 Å². The lowest BCUT2D eigenvalue weighted by molar-refractivity contribution is -0.121. The van der Waals surface area contributed by atoms with E-state index >= 15 is 0 Å². The molecule has 0 atom stereocenters. The molecule has 2 aromatic heterocycles. The molecule has 4 rings (SSSR count). The molecule has 8 heteroatoms. The lowest BCUT2D eigenvalue weighted by Crippen LogP contribution is -2.41. The third kappa shape index (κ3) is 3.94. The van der Waals surface area contributed by atoms with E-state index in [1.807, 2.05) is 25.1 Å². The molecule has 0 bridgehead atoms. The summed E-state index contributed by atoms with van der Waals surface area (Å²) in [5.74, 6) is -0.325. The van der Waals surface area contributed by atoms with Crippen LogP contribution in [0.5, 0.6) is 0 Å². The Balaban J connectivity index is 1.69. The summed E-state index contributed by atoms with van der Waals surface area (Å²) in [6.45, 7) is 2.02. The highest BCUT2D eigenvalue weighted by atomic mass is 35.5. The molecule has 0 spiro atoms. The first-order chi connectivity index (χ1) is 14.4. The van der Waals surface area contributed by atoms with Crippen LogP contribution in [0.2, 0.25) is 5.02 Å². The maximum Gasteiger partial charge on any atom is 0.336 e. The van der Waals surface area contributed by atoms with Crippen LogP contribution >= 0.6 is 22.9 Å². The van der Waals surface area contributed by atoms with E-state index in [0.29, 0.717) is 27.5 Å². The fourth-order valence-electron chi connectivity index (χ4n) is 3.24. The maximum atomic E-state index is 13.2. The van der Waals surface area contributed by atoms with Gasteiger partial charge in [0.05, 0.1) is 11.2 Å². The molecule has 6 nitrogen and oxygen atoms in total. The second-order valence-electron chi connectivity index (χ2n) is 6.89. The van der Waals surface area contributed by atoms with Crippen molar-refractivity contribution < 1.29 is 4.79 Å². The van der Waals surface area contributed by atoms with E-state index in [1.165, 1.54) is 15.9 Å². The summed E-state index contributed by atoms with van der Waals surface area (Å²) in [4.78, 5) is 38.7. The molecule has 1 N–H and O–H groups in total. The molecule has 0 fully saturated rings. The van der Waals surface area contributed by atoms with Gasteiger partial charge in [0, 0.05) is 11.6 Å². The van der Waals surface area contributed by atoms with Crippen molar-refractivity contribution >= 4 is 39.1 Å². The van der Waals surface area contributed by atoms with Gasteiger partial charge < -0.3 is 5.32 Å². The van der Waals surface area contributed by atoms with Crippen LogP contribution < -0.4 is 16.6 Å². The zero-order chi connectivity index (χ0) is 21.3. The number of aryl methyl sites for hydroxylation is 1. The average Bonchev–Trinajstić information content (AvgIpc) is 3.21. The second kappa shape index (κ2) is 8.30. The first-order valence-corrected chi connectivity index (χ1v) is 10.5. The topological polar surface area (TPSA) is 73.1 Å². The number of nitrogens with zero attached hydrogens (tertiary/aromatic N) is 2. The Labute approximate surface area is 181 Å². The largest absolute Gasteiger partial charge is 0.350 e. The van der Waals surface area contributed by atoms with Gasteiger partial charge in [-0.05, 0) is 53.8 Å². The van der Waals surface area contributed by atoms with Crippen LogP contribution in [0.1, 0.15) is 11.1 Å². The number of benzene rings is 2. The van der Waals surface area contributed by atoms with Crippen LogP contribution in [0, 0.1) is 6.92 Å². The van der Waals surface area contributed by atoms with E-state index in [-0.39, 0.29) is 18.0 Å². The van der Waals surface area contributed by atoms with Gasteiger partial charge in [0.15, 0.2) is 0 Å². The van der Waals surface area contributed by atoms with Gasteiger partial charge in [-0.25, -0.2) is 9.36 Å². The van der Waals surface area contributed by atoms with E-state index in [4.69, 9.17) is 11.6 Å². The average molecular weight is 440 g/mol. The van der Waals surface area contributed by atoms with Crippen LogP contribution in [0.4, 0.5) is 0 Å². The Kier molecular flexibility index (Phi) is 5.57. The maximum absolute atomic E-state index is 13.2. The first kappa shape index (κ1) is 20.1. The molecule has 0 aliphatic heterocycles. The SMILES string of the molecule is Cc1cccc(-n2c(=O)c3sccc3n(CC(=O)NCc3ccc(Cl)cc3)c2=O)c1. The highest BCUT2D eigenvalue weighted by Crippen LogP contribution is 2.17. The van der Waals surface area contributed by atoms with E-state index in [9.17, 15) is 14.4 Å². The monoisotopic (exact) mass is 439 g/mol. The summed E-state index contributed by atoms with van der Waals surface area (Å²) >= 11 is 7.13. The predicted molar refractivity (Wildman–Crippen MR) is 120 cm³/mol. The minimum Gasteiger partial charge on any atom is -0.350 e. The molecular formula is C22H18ClN3O3S. The molecule has 2 heterocycles. The van der Waals surface area contributed by atoms with Crippen molar-refractivity contribution in [3.8, 4) is 5.69 Å². The lowest BCUT2D eigenvalue weighted by Gasteiger charge is -2.13. The number of thiophene rings is 1. The number of carbonyl (C=O) groups excluding carboxylic acids is 1. The molecule has 0 unspecified atom stereocenters. The summed E-state index contributed by atoms with van der Waals surface area (Å²) < 4.78 is 2.90. The molecule has 2 aromatic carbocycles. The highest BCUT2D eigenvalue weighted by molar-refractivity contribution is 7.17. The standard InChI is InChI=1S/C22H18ClN3O3S/c1-14-3-2-4-17(11-14)26-21(28)20-18(9-10-30-20)25(22(26)29)13-19(27)24-12-15-5-7-16(23)8-6-15/h2-11H,12-13H2,1H3,(H,24,27). The Bertz CT molecular complexity index is 1350. The minimum absolute atomic E-state index is 0.189. The predicted octanol–water partition coefficient (Wildman–Crippen LogP) is 3.49. The summed E-state index contributed by atoms with van der Waals surface area (Å²) in [5.41, 5.74) is 1.84. The van der Waals surface area contributed by atoms with Gasteiger partial charge in [-0.15, -0.1) is 11.3 Å². The zero-order valence-corrected chi connectivity index (χ0v) is 17.7. The molecule has 152 valence electrons. The van der Waals surface area contributed by atoms with Gasteiger partial charge in [0.25, 0.3) is 5.56 Å². The Hall–Kier alpha value is -3.16. The fraction of sp³-hybridized carbons (Fsp3) is 0.136. The van der Waals surface area contributed by atoms with Crippen LogP contribution in [0.25, 0.3) is 15.9 Å². The lowest BCUT2D eigenvalue weighted by atomic mass is 10.2. The number of hydrogen-bond acceptors (Lipinski definition) is 4.